The van der Waals surface area contributed by atoms with Crippen LogP contribution in [0.3, 0.4) is 0 Å². The number of hydrogen-bond donors (Lipinski definition) is 8. The number of anilines is 2. The number of amidine groups is 1. The summed E-state index contributed by atoms with van der Waals surface area (Å²) in [5.41, 5.74) is 11.8. The van der Waals surface area contributed by atoms with Gasteiger partial charge in [-0.15, -0.1) is 0 Å². The quantitative estimate of drug-likeness (QED) is 0.111. The molecule has 0 aliphatic rings. The normalized spacial score (nSPS) is 10.2. The van der Waals surface area contributed by atoms with Crippen molar-refractivity contribution in [2.24, 2.45) is 5.73 Å². The van der Waals surface area contributed by atoms with Crippen LogP contribution in [0.25, 0.3) is 0 Å². The highest BCUT2D eigenvalue weighted by atomic mass is 16.3. The van der Waals surface area contributed by atoms with Gasteiger partial charge in [-0.2, -0.15) is 5.26 Å². The molecule has 2 aromatic heterocycles. The van der Waals surface area contributed by atoms with Crippen molar-refractivity contribution in [3.05, 3.63) is 106 Å². The van der Waals surface area contributed by atoms with Gasteiger partial charge in [0.2, 0.25) is 0 Å². The number of aliphatic hydroxyl groups is 2. The van der Waals surface area contributed by atoms with Gasteiger partial charge in [-0.3, -0.25) is 15.4 Å². The molecule has 11 heteroatoms. The van der Waals surface area contributed by atoms with Crippen LogP contribution in [0.15, 0.2) is 60.9 Å². The number of nitrogen functional groups attached to an aromatic ring is 1. The van der Waals surface area contributed by atoms with Crippen LogP contribution >= 0.6 is 0 Å². The molecule has 0 saturated carbocycles. The second-order valence-electron chi connectivity index (χ2n) is 9.10. The first-order chi connectivity index (χ1) is 19.7. The summed E-state index contributed by atoms with van der Waals surface area (Å²) >= 11 is 0. The minimum absolute atomic E-state index is 0.0199. The Bertz CT molecular complexity index is 1530. The van der Waals surface area contributed by atoms with Gasteiger partial charge in [0.05, 0.1) is 36.2 Å². The van der Waals surface area contributed by atoms with E-state index < -0.39 is 0 Å². The Kier molecular flexibility index (Phi) is 10.6. The number of nitrogens with zero attached hydrogens (tertiary/aromatic N) is 3. The molecule has 212 valence electrons. The van der Waals surface area contributed by atoms with Gasteiger partial charge in [0.1, 0.15) is 17.3 Å². The molecule has 4 aromatic rings. The van der Waals surface area contributed by atoms with Crippen molar-refractivity contribution < 1.29 is 20.4 Å². The maximum absolute atomic E-state index is 10.0. The standard InChI is InChI=1S/C15H18N4O2.C15H15N3O2/c1-9-14(21)13(11(8-20)6-18-9)7-19-12-4-2-10(3-5-12)15(16)17;1-10-15(20)14(12(9-19)7-17-10)8-18-13-4-2-11(6-16)3-5-13/h2-6,19-21H,7-8H2,1H3,(H3,16,17);2-5,7,18-20H,8-9H2,1H3. The average Bonchev–Trinajstić information content (AvgIpc) is 2.99. The maximum atomic E-state index is 10.0. The number of aryl methyl sites for hydroxylation is 2. The third-order valence-electron chi connectivity index (χ3n) is 6.35. The van der Waals surface area contributed by atoms with Crippen molar-refractivity contribution in [1.82, 2.24) is 9.97 Å². The van der Waals surface area contributed by atoms with Gasteiger partial charge in [0.25, 0.3) is 0 Å². The zero-order chi connectivity index (χ0) is 29.9. The molecule has 4 rings (SSSR count). The molecule has 0 bridgehead atoms. The summed E-state index contributed by atoms with van der Waals surface area (Å²) in [6.07, 6.45) is 3.12. The average molecular weight is 556 g/mol. The van der Waals surface area contributed by atoms with E-state index >= 15 is 0 Å². The van der Waals surface area contributed by atoms with E-state index in [0.29, 0.717) is 57.9 Å². The molecule has 0 spiro atoms. The van der Waals surface area contributed by atoms with Crippen molar-refractivity contribution in [3.63, 3.8) is 0 Å². The third-order valence-corrected chi connectivity index (χ3v) is 6.35. The number of nitrogens with one attached hydrogen (secondary N) is 3. The fraction of sp³-hybridized carbons (Fsp3) is 0.200. The second-order valence-corrected chi connectivity index (χ2v) is 9.10. The number of aromatic nitrogens is 2. The molecular formula is C30H33N7O4. The number of hydrogen-bond acceptors (Lipinski definition) is 10. The fourth-order valence-corrected chi connectivity index (χ4v) is 3.85. The highest BCUT2D eigenvalue weighted by Crippen LogP contribution is 2.26. The molecule has 0 saturated heterocycles. The summed E-state index contributed by atoms with van der Waals surface area (Å²) < 4.78 is 0. The summed E-state index contributed by atoms with van der Waals surface area (Å²) in [5, 5.41) is 61.0. The first-order valence-electron chi connectivity index (χ1n) is 12.6. The van der Waals surface area contributed by atoms with Crippen molar-refractivity contribution in [3.8, 4) is 17.6 Å². The molecule has 0 radical (unpaired) electrons. The Labute approximate surface area is 238 Å². The van der Waals surface area contributed by atoms with E-state index in [4.69, 9.17) is 16.4 Å². The van der Waals surface area contributed by atoms with E-state index in [0.717, 1.165) is 11.4 Å². The number of nitrogens with two attached hydrogens (primary N) is 1. The molecule has 11 nitrogen and oxygen atoms in total. The Balaban J connectivity index is 0.000000226. The van der Waals surface area contributed by atoms with Crippen LogP contribution in [0.4, 0.5) is 11.4 Å². The van der Waals surface area contributed by atoms with Crippen LogP contribution in [-0.2, 0) is 26.3 Å². The van der Waals surface area contributed by atoms with Crippen LogP contribution in [-0.4, -0.2) is 36.2 Å². The minimum atomic E-state index is -0.179. The number of aromatic hydroxyl groups is 2. The van der Waals surface area contributed by atoms with E-state index in [-0.39, 0.29) is 30.5 Å². The highest BCUT2D eigenvalue weighted by molar-refractivity contribution is 5.95. The molecule has 2 heterocycles. The molecule has 9 N–H and O–H groups in total. The Morgan fingerprint density at radius 1 is 0.805 bits per heavy atom. The zero-order valence-electron chi connectivity index (χ0n) is 22.8. The highest BCUT2D eigenvalue weighted by Gasteiger charge is 2.12. The van der Waals surface area contributed by atoms with E-state index in [1.54, 1.807) is 74.8 Å². The number of rotatable bonds is 9. The fourth-order valence-electron chi connectivity index (χ4n) is 3.85. The molecule has 2 aromatic carbocycles. The van der Waals surface area contributed by atoms with Gasteiger partial charge < -0.3 is 36.8 Å². The number of benzene rings is 2. The van der Waals surface area contributed by atoms with E-state index in [2.05, 4.69) is 26.7 Å². The third kappa shape index (κ3) is 7.92. The first-order valence-corrected chi connectivity index (χ1v) is 12.6. The summed E-state index contributed by atoms with van der Waals surface area (Å²) in [5.74, 6) is 0.207. The second kappa shape index (κ2) is 14.3. The van der Waals surface area contributed by atoms with E-state index in [9.17, 15) is 20.4 Å². The molecule has 0 unspecified atom stereocenters. The summed E-state index contributed by atoms with van der Waals surface area (Å²) in [6, 6.07) is 16.2. The molecule has 0 amide bonds. The zero-order valence-corrected chi connectivity index (χ0v) is 22.8. The maximum Gasteiger partial charge on any atom is 0.142 e. The van der Waals surface area contributed by atoms with Crippen molar-refractivity contribution in [1.29, 1.82) is 10.7 Å². The SMILES string of the molecule is Cc1ncc(CO)c(CNc2ccc(C#N)cc2)c1O.Cc1ncc(CO)c(CNc2ccc(C(=N)N)cc2)c1O. The van der Waals surface area contributed by atoms with Crippen LogP contribution in [0, 0.1) is 30.6 Å². The lowest BCUT2D eigenvalue weighted by Gasteiger charge is -2.13. The van der Waals surface area contributed by atoms with E-state index in [1.807, 2.05) is 0 Å². The van der Waals surface area contributed by atoms with Crippen LogP contribution in [0.1, 0.15) is 44.8 Å². The number of aliphatic hydroxyl groups excluding tert-OH is 2. The lowest BCUT2D eigenvalue weighted by molar-refractivity contribution is 0.279. The van der Waals surface area contributed by atoms with Gasteiger partial charge in [-0.05, 0) is 62.4 Å². The predicted molar refractivity (Wildman–Crippen MR) is 156 cm³/mol. The largest absolute Gasteiger partial charge is 0.506 e. The Morgan fingerprint density at radius 3 is 1.59 bits per heavy atom. The molecule has 0 aliphatic carbocycles. The van der Waals surface area contributed by atoms with Gasteiger partial charge in [0.15, 0.2) is 0 Å². The topological polar surface area (TPSA) is 204 Å². The summed E-state index contributed by atoms with van der Waals surface area (Å²) in [4.78, 5) is 8.03. The minimum Gasteiger partial charge on any atom is -0.506 e. The Morgan fingerprint density at radius 2 is 1.22 bits per heavy atom. The number of nitriles is 1. The van der Waals surface area contributed by atoms with Crippen LogP contribution in [0.5, 0.6) is 11.5 Å². The van der Waals surface area contributed by atoms with Gasteiger partial charge in [-0.1, -0.05) is 0 Å². The Hall–Kier alpha value is -5.18. The van der Waals surface area contributed by atoms with Gasteiger partial charge in [0, 0.05) is 64.7 Å². The van der Waals surface area contributed by atoms with Crippen LogP contribution in [0.2, 0.25) is 0 Å². The van der Waals surface area contributed by atoms with Crippen molar-refractivity contribution in [2.75, 3.05) is 10.6 Å². The van der Waals surface area contributed by atoms with Gasteiger partial charge >= 0.3 is 0 Å². The van der Waals surface area contributed by atoms with Crippen molar-refractivity contribution in [2.45, 2.75) is 40.2 Å². The lowest BCUT2D eigenvalue weighted by Crippen LogP contribution is -2.11. The monoisotopic (exact) mass is 555 g/mol. The van der Waals surface area contributed by atoms with E-state index in [1.165, 1.54) is 0 Å². The van der Waals surface area contributed by atoms with Gasteiger partial charge in [-0.25, -0.2) is 0 Å². The molecule has 41 heavy (non-hydrogen) atoms. The predicted octanol–water partition coefficient (Wildman–Crippen LogP) is 3.56. The smallest absolute Gasteiger partial charge is 0.142 e. The summed E-state index contributed by atoms with van der Waals surface area (Å²) in [6.45, 7) is 3.80. The molecule has 0 atom stereocenters. The molecular weight excluding hydrogens is 522 g/mol. The van der Waals surface area contributed by atoms with Crippen LogP contribution < -0.4 is 16.4 Å². The molecule has 0 fully saturated rings. The number of pyridine rings is 2. The summed E-state index contributed by atoms with van der Waals surface area (Å²) in [7, 11) is 0. The first kappa shape index (κ1) is 30.4. The lowest BCUT2D eigenvalue weighted by atomic mass is 10.1. The molecule has 0 aliphatic heterocycles. The van der Waals surface area contributed by atoms with Crippen molar-refractivity contribution >= 4 is 17.2 Å².